The van der Waals surface area contributed by atoms with E-state index in [1.54, 1.807) is 0 Å². The Balaban J connectivity index is 1.71. The first kappa shape index (κ1) is 15.9. The van der Waals surface area contributed by atoms with E-state index >= 15 is 0 Å². The van der Waals surface area contributed by atoms with Gasteiger partial charge < -0.3 is 20.5 Å². The SMILES string of the molecule is O=[N+]([O-])c1cnc(NC2CC[14CH](O)CC2)nc1N[C@@H]1CCOC1. The molecule has 2 heterocycles. The second-order valence-electron chi connectivity index (χ2n) is 6.04. The molecule has 1 aliphatic carbocycles. The maximum absolute atomic E-state index is 11.1. The molecule has 9 heteroatoms. The zero-order valence-corrected chi connectivity index (χ0v) is 12.8. The molecule has 0 unspecified atom stereocenters. The van der Waals surface area contributed by atoms with Gasteiger partial charge in [0.1, 0.15) is 6.20 Å². The Bertz CT molecular complexity index is 556. The number of aliphatic hydroxyl groups is 1. The maximum Gasteiger partial charge on any atom is 0.329 e. The van der Waals surface area contributed by atoms with Crippen molar-refractivity contribution in [2.24, 2.45) is 0 Å². The van der Waals surface area contributed by atoms with Crippen LogP contribution in [0.5, 0.6) is 0 Å². The van der Waals surface area contributed by atoms with E-state index in [1.165, 1.54) is 6.20 Å². The second-order valence-corrected chi connectivity index (χ2v) is 6.04. The Morgan fingerprint density at radius 3 is 2.74 bits per heavy atom. The molecule has 1 atom stereocenters. The fourth-order valence-corrected chi connectivity index (χ4v) is 2.93. The van der Waals surface area contributed by atoms with Gasteiger partial charge in [0.25, 0.3) is 0 Å². The first-order valence-electron chi connectivity index (χ1n) is 7.92. The highest BCUT2D eigenvalue weighted by Crippen LogP contribution is 2.26. The van der Waals surface area contributed by atoms with E-state index in [2.05, 4.69) is 20.6 Å². The van der Waals surface area contributed by atoms with Crippen LogP contribution in [0.1, 0.15) is 32.1 Å². The fourth-order valence-electron chi connectivity index (χ4n) is 2.93. The van der Waals surface area contributed by atoms with Crippen LogP contribution in [0.15, 0.2) is 6.20 Å². The van der Waals surface area contributed by atoms with Crippen molar-refractivity contribution in [2.75, 3.05) is 23.8 Å². The van der Waals surface area contributed by atoms with Gasteiger partial charge in [-0.2, -0.15) is 4.98 Å². The van der Waals surface area contributed by atoms with Crippen LogP contribution in [-0.2, 0) is 4.74 Å². The highest BCUT2D eigenvalue weighted by atomic mass is 16.6. The molecule has 3 rings (SSSR count). The lowest BCUT2D eigenvalue weighted by Gasteiger charge is -2.26. The van der Waals surface area contributed by atoms with Crippen LogP contribution in [0, 0.1) is 10.1 Å². The van der Waals surface area contributed by atoms with Gasteiger partial charge in [0.15, 0.2) is 0 Å². The van der Waals surface area contributed by atoms with Crippen molar-refractivity contribution < 1.29 is 14.8 Å². The van der Waals surface area contributed by atoms with Gasteiger partial charge in [-0.1, -0.05) is 0 Å². The maximum atomic E-state index is 11.1. The number of nitrogens with one attached hydrogen (secondary N) is 2. The van der Waals surface area contributed by atoms with Gasteiger partial charge in [-0.05, 0) is 32.1 Å². The van der Waals surface area contributed by atoms with Gasteiger partial charge in [0, 0.05) is 12.6 Å². The molecule has 0 spiro atoms. The first-order valence-corrected chi connectivity index (χ1v) is 7.92. The molecular formula is C14H21N5O4. The Kier molecular flexibility index (Phi) is 4.87. The third kappa shape index (κ3) is 4.05. The summed E-state index contributed by atoms with van der Waals surface area (Å²) in [5, 5.41) is 27.0. The largest absolute Gasteiger partial charge is 0.393 e. The van der Waals surface area contributed by atoms with Crippen molar-refractivity contribution in [3.8, 4) is 0 Å². The molecule has 1 saturated heterocycles. The molecule has 0 radical (unpaired) electrons. The van der Waals surface area contributed by atoms with Gasteiger partial charge >= 0.3 is 5.69 Å². The molecule has 1 aromatic heterocycles. The third-order valence-electron chi connectivity index (χ3n) is 4.27. The van der Waals surface area contributed by atoms with Crippen molar-refractivity contribution in [1.29, 1.82) is 0 Å². The van der Waals surface area contributed by atoms with Crippen LogP contribution in [0.3, 0.4) is 0 Å². The van der Waals surface area contributed by atoms with E-state index in [0.717, 1.165) is 32.1 Å². The zero-order chi connectivity index (χ0) is 16.2. The Morgan fingerprint density at radius 2 is 2.09 bits per heavy atom. The molecule has 23 heavy (non-hydrogen) atoms. The van der Waals surface area contributed by atoms with Crippen molar-refractivity contribution in [1.82, 2.24) is 9.97 Å². The van der Waals surface area contributed by atoms with Crippen LogP contribution in [0.2, 0.25) is 0 Å². The van der Waals surface area contributed by atoms with Gasteiger partial charge in [-0.25, -0.2) is 4.98 Å². The topological polar surface area (TPSA) is 122 Å². The molecule has 0 bridgehead atoms. The molecular weight excluding hydrogens is 304 g/mol. The summed E-state index contributed by atoms with van der Waals surface area (Å²) in [5.74, 6) is 0.595. The van der Waals surface area contributed by atoms with Gasteiger partial charge in [0.05, 0.1) is 23.7 Å². The summed E-state index contributed by atoms with van der Waals surface area (Å²) in [6, 6.07) is 0.212. The Labute approximate surface area is 133 Å². The minimum atomic E-state index is -0.487. The third-order valence-corrected chi connectivity index (χ3v) is 4.27. The molecule has 3 N–H and O–H groups in total. The van der Waals surface area contributed by atoms with Gasteiger partial charge in [-0.15, -0.1) is 0 Å². The van der Waals surface area contributed by atoms with E-state index in [-0.39, 0.29) is 29.7 Å². The lowest BCUT2D eigenvalue weighted by atomic mass is 10.1. The lowest BCUT2D eigenvalue weighted by Crippen LogP contribution is -2.29. The van der Waals surface area contributed by atoms with Crippen molar-refractivity contribution >= 4 is 17.5 Å². The molecule has 126 valence electrons. The number of nitro groups is 1. The average molecular weight is 325 g/mol. The number of nitrogens with zero attached hydrogens (tertiary/aromatic N) is 3. The number of aliphatic hydroxyl groups excluding tert-OH is 1. The summed E-state index contributed by atoms with van der Waals surface area (Å²) in [4.78, 5) is 19.0. The Hall–Kier alpha value is -2.00. The number of rotatable bonds is 5. The summed E-state index contributed by atoms with van der Waals surface area (Å²) >= 11 is 0. The molecule has 1 aliphatic heterocycles. The summed E-state index contributed by atoms with van der Waals surface area (Å²) < 4.78 is 5.28. The van der Waals surface area contributed by atoms with Crippen molar-refractivity contribution in [2.45, 2.75) is 50.3 Å². The minimum Gasteiger partial charge on any atom is -0.393 e. The average Bonchev–Trinajstić information content (AvgIpc) is 3.02. The highest BCUT2D eigenvalue weighted by Gasteiger charge is 2.24. The van der Waals surface area contributed by atoms with E-state index < -0.39 is 4.92 Å². The first-order chi connectivity index (χ1) is 11.1. The molecule has 2 fully saturated rings. The van der Waals surface area contributed by atoms with Crippen LogP contribution in [0.25, 0.3) is 0 Å². The van der Waals surface area contributed by atoms with E-state index in [1.807, 2.05) is 0 Å². The number of hydrogen-bond donors (Lipinski definition) is 3. The number of anilines is 2. The van der Waals surface area contributed by atoms with Crippen LogP contribution >= 0.6 is 0 Å². The molecule has 1 saturated carbocycles. The smallest absolute Gasteiger partial charge is 0.329 e. The molecule has 2 aliphatic rings. The van der Waals surface area contributed by atoms with Gasteiger partial charge in [-0.3, -0.25) is 10.1 Å². The Morgan fingerprint density at radius 1 is 1.30 bits per heavy atom. The predicted octanol–water partition coefficient (Wildman–Crippen LogP) is 1.30. The molecule has 0 aromatic carbocycles. The van der Waals surface area contributed by atoms with E-state index in [4.69, 9.17) is 4.74 Å². The standard InChI is InChI=1S/C14H21N5O4/c20-11-3-1-9(2-4-11)17-14-15-7-12(19(21)22)13(18-14)16-10-5-6-23-8-10/h7,9-11,20H,1-6,8H2,(H2,15,16,17,18)/t9?,10-,11?/m1/s1/i11+2. The quantitative estimate of drug-likeness (QED) is 0.547. The summed E-state index contributed by atoms with van der Waals surface area (Å²) in [6.45, 7) is 1.16. The normalized spacial score (nSPS) is 27.6. The molecule has 0 amide bonds. The van der Waals surface area contributed by atoms with Crippen LogP contribution < -0.4 is 10.6 Å². The van der Waals surface area contributed by atoms with E-state index in [9.17, 15) is 15.2 Å². The number of ether oxygens (including phenoxy) is 1. The molecule has 1 aromatic rings. The zero-order valence-electron chi connectivity index (χ0n) is 12.8. The number of aromatic nitrogens is 2. The second kappa shape index (κ2) is 7.05. The number of hydrogen-bond acceptors (Lipinski definition) is 8. The minimum absolute atomic E-state index is 0.0290. The van der Waals surface area contributed by atoms with Gasteiger partial charge in [0.2, 0.25) is 11.8 Å². The highest BCUT2D eigenvalue weighted by molar-refractivity contribution is 5.57. The predicted molar refractivity (Wildman–Crippen MR) is 83.4 cm³/mol. The summed E-state index contributed by atoms with van der Waals surface area (Å²) in [6.07, 6.45) is 4.95. The summed E-state index contributed by atoms with van der Waals surface area (Å²) in [7, 11) is 0. The van der Waals surface area contributed by atoms with Crippen molar-refractivity contribution in [3.63, 3.8) is 0 Å². The van der Waals surface area contributed by atoms with Crippen LogP contribution in [0.4, 0.5) is 17.5 Å². The van der Waals surface area contributed by atoms with Crippen molar-refractivity contribution in [3.05, 3.63) is 16.3 Å². The van der Waals surface area contributed by atoms with Crippen LogP contribution in [-0.4, -0.2) is 51.4 Å². The summed E-state index contributed by atoms with van der Waals surface area (Å²) in [5.41, 5.74) is -0.137. The lowest BCUT2D eigenvalue weighted by molar-refractivity contribution is -0.384. The monoisotopic (exact) mass is 325 g/mol. The molecule has 9 nitrogen and oxygen atoms in total. The van der Waals surface area contributed by atoms with E-state index in [0.29, 0.717) is 19.2 Å². The fraction of sp³-hybridized carbons (Fsp3) is 0.714.